The molecule has 0 saturated heterocycles. The van der Waals surface area contributed by atoms with Crippen molar-refractivity contribution < 1.29 is 23.4 Å². The highest BCUT2D eigenvalue weighted by molar-refractivity contribution is 5.53. The number of aliphatic hydroxyl groups excluding tert-OH is 1. The average molecular weight is 442 g/mol. The Kier molecular flexibility index (Phi) is 7.36. The summed E-state index contributed by atoms with van der Waals surface area (Å²) in [5.41, 5.74) is 0.995. The Labute approximate surface area is 188 Å². The van der Waals surface area contributed by atoms with Crippen LogP contribution in [0.1, 0.15) is 30.5 Å². The maximum atomic E-state index is 15.7. The predicted octanol–water partition coefficient (Wildman–Crippen LogP) is 5.46. The summed E-state index contributed by atoms with van der Waals surface area (Å²) in [7, 11) is 3.20. The molecular formula is C26H29F2NO3. The first-order valence-electron chi connectivity index (χ1n) is 10.4. The van der Waals surface area contributed by atoms with E-state index in [1.54, 1.807) is 28.1 Å². The Bertz CT molecular complexity index is 985. The molecule has 0 amide bonds. The van der Waals surface area contributed by atoms with Crippen molar-refractivity contribution in [2.75, 3.05) is 25.7 Å². The van der Waals surface area contributed by atoms with Gasteiger partial charge < -0.3 is 19.5 Å². The van der Waals surface area contributed by atoms with E-state index in [4.69, 9.17) is 9.47 Å². The van der Waals surface area contributed by atoms with Crippen LogP contribution in [-0.4, -0.2) is 25.9 Å². The van der Waals surface area contributed by atoms with Crippen LogP contribution >= 0.6 is 0 Å². The predicted molar refractivity (Wildman–Crippen MR) is 122 cm³/mol. The van der Waals surface area contributed by atoms with E-state index in [9.17, 15) is 9.50 Å². The van der Waals surface area contributed by atoms with Gasteiger partial charge in [-0.05, 0) is 47.5 Å². The van der Waals surface area contributed by atoms with Crippen LogP contribution in [0, 0.1) is 11.6 Å². The molecule has 0 bridgehead atoms. The number of nitrogens with zero attached hydrogens (tertiary/aromatic N) is 1. The van der Waals surface area contributed by atoms with E-state index in [1.165, 1.54) is 12.1 Å². The third-order valence-corrected chi connectivity index (χ3v) is 5.55. The zero-order chi connectivity index (χ0) is 23.3. The minimum absolute atomic E-state index is 0.119. The van der Waals surface area contributed by atoms with Crippen molar-refractivity contribution in [3.63, 3.8) is 0 Å². The minimum atomic E-state index is -1.06. The van der Waals surface area contributed by atoms with E-state index >= 15 is 4.39 Å². The van der Waals surface area contributed by atoms with Crippen LogP contribution in [0.4, 0.5) is 14.5 Å². The number of aliphatic hydroxyl groups is 1. The lowest BCUT2D eigenvalue weighted by atomic mass is 9.84. The van der Waals surface area contributed by atoms with Gasteiger partial charge >= 0.3 is 0 Å². The number of rotatable bonds is 9. The molecule has 0 heterocycles. The molecule has 3 aromatic rings. The number of ether oxygens (including phenoxy) is 2. The van der Waals surface area contributed by atoms with E-state index in [0.29, 0.717) is 13.1 Å². The molecule has 0 fully saturated rings. The summed E-state index contributed by atoms with van der Waals surface area (Å²) < 4.78 is 40.7. The van der Waals surface area contributed by atoms with Crippen LogP contribution in [0.2, 0.25) is 0 Å². The Morgan fingerprint density at radius 2 is 1.25 bits per heavy atom. The summed E-state index contributed by atoms with van der Waals surface area (Å²) in [5, 5.41) is 9.72. The zero-order valence-electron chi connectivity index (χ0n) is 18.9. The molecule has 0 aliphatic heterocycles. The molecule has 1 N–H and O–H groups in total. The summed E-state index contributed by atoms with van der Waals surface area (Å²) in [6.45, 7) is 3.67. The van der Waals surface area contributed by atoms with Crippen LogP contribution in [0.3, 0.4) is 0 Å². The van der Waals surface area contributed by atoms with Crippen molar-refractivity contribution in [3.8, 4) is 11.5 Å². The second kappa shape index (κ2) is 10.0. The first-order chi connectivity index (χ1) is 15.3. The molecular weight excluding hydrogens is 412 g/mol. The van der Waals surface area contributed by atoms with E-state index in [0.717, 1.165) is 22.6 Å². The topological polar surface area (TPSA) is 41.9 Å². The maximum Gasteiger partial charge on any atom is 0.153 e. The van der Waals surface area contributed by atoms with Crippen LogP contribution < -0.4 is 14.4 Å². The Hall–Kier alpha value is -3.12. The van der Waals surface area contributed by atoms with Crippen LogP contribution in [0.25, 0.3) is 0 Å². The van der Waals surface area contributed by atoms with E-state index < -0.39 is 17.0 Å². The highest BCUT2D eigenvalue weighted by Crippen LogP contribution is 2.34. The SMILES string of the molecule is COc1ccc(CN(Cc2ccc(OC)cc2)c2ccc(F)c(C(C)(C)CO)c2F)cc1. The van der Waals surface area contributed by atoms with Gasteiger partial charge in [0.25, 0.3) is 0 Å². The normalized spacial score (nSPS) is 11.3. The highest BCUT2D eigenvalue weighted by atomic mass is 19.1. The molecule has 170 valence electrons. The third kappa shape index (κ3) is 5.19. The van der Waals surface area contributed by atoms with E-state index in [-0.39, 0.29) is 17.9 Å². The fraction of sp³-hybridized carbons (Fsp3) is 0.308. The molecule has 0 radical (unpaired) electrons. The van der Waals surface area contributed by atoms with Gasteiger partial charge in [0.05, 0.1) is 26.5 Å². The van der Waals surface area contributed by atoms with Crippen molar-refractivity contribution in [2.24, 2.45) is 0 Å². The van der Waals surface area contributed by atoms with Gasteiger partial charge in [-0.25, -0.2) is 8.78 Å². The average Bonchev–Trinajstić information content (AvgIpc) is 2.79. The van der Waals surface area contributed by atoms with Crippen molar-refractivity contribution in [1.29, 1.82) is 0 Å². The second-order valence-corrected chi connectivity index (χ2v) is 8.35. The van der Waals surface area contributed by atoms with Crippen molar-refractivity contribution >= 4 is 5.69 Å². The van der Waals surface area contributed by atoms with Gasteiger partial charge in [0.1, 0.15) is 17.3 Å². The van der Waals surface area contributed by atoms with E-state index in [2.05, 4.69) is 0 Å². The standard InChI is InChI=1S/C26H29F2NO3/c1-26(2,17-30)24-22(27)13-14-23(25(24)28)29(15-18-5-9-20(31-3)10-6-18)16-19-7-11-21(32-4)12-8-19/h5-14,30H,15-17H2,1-4H3. The van der Waals surface area contributed by atoms with Crippen molar-refractivity contribution in [1.82, 2.24) is 0 Å². The summed E-state index contributed by atoms with van der Waals surface area (Å²) >= 11 is 0. The summed E-state index contributed by atoms with van der Waals surface area (Å²) in [5.74, 6) is 0.135. The van der Waals surface area contributed by atoms with Crippen LogP contribution in [-0.2, 0) is 18.5 Å². The molecule has 0 spiro atoms. The number of anilines is 1. The molecule has 0 atom stereocenters. The molecule has 0 unspecified atom stereocenters. The Balaban J connectivity index is 2.03. The lowest BCUT2D eigenvalue weighted by Crippen LogP contribution is -2.28. The maximum absolute atomic E-state index is 15.7. The Morgan fingerprint density at radius 3 is 1.66 bits per heavy atom. The molecule has 4 nitrogen and oxygen atoms in total. The molecule has 3 aromatic carbocycles. The third-order valence-electron chi connectivity index (χ3n) is 5.55. The lowest BCUT2D eigenvalue weighted by Gasteiger charge is -2.30. The van der Waals surface area contributed by atoms with Gasteiger partial charge in [-0.15, -0.1) is 0 Å². The van der Waals surface area contributed by atoms with Gasteiger partial charge in [0, 0.05) is 24.1 Å². The molecule has 6 heteroatoms. The first kappa shape index (κ1) is 23.5. The number of hydrogen-bond donors (Lipinski definition) is 1. The van der Waals surface area contributed by atoms with Crippen molar-refractivity contribution in [2.45, 2.75) is 32.4 Å². The second-order valence-electron chi connectivity index (χ2n) is 8.35. The monoisotopic (exact) mass is 441 g/mol. The quantitative estimate of drug-likeness (QED) is 0.479. The number of halogens is 2. The van der Waals surface area contributed by atoms with Gasteiger partial charge in [-0.2, -0.15) is 0 Å². The molecule has 0 aromatic heterocycles. The molecule has 32 heavy (non-hydrogen) atoms. The fourth-order valence-electron chi connectivity index (χ4n) is 3.61. The number of hydrogen-bond acceptors (Lipinski definition) is 4. The van der Waals surface area contributed by atoms with Crippen LogP contribution in [0.15, 0.2) is 60.7 Å². The smallest absolute Gasteiger partial charge is 0.153 e. The summed E-state index contributed by atoms with van der Waals surface area (Å²) in [6, 6.07) is 17.8. The largest absolute Gasteiger partial charge is 0.497 e. The van der Waals surface area contributed by atoms with Gasteiger partial charge in [-0.3, -0.25) is 0 Å². The Morgan fingerprint density at radius 1 is 0.781 bits per heavy atom. The van der Waals surface area contributed by atoms with Gasteiger partial charge in [-0.1, -0.05) is 38.1 Å². The molecule has 0 saturated carbocycles. The zero-order valence-corrected chi connectivity index (χ0v) is 18.9. The van der Waals surface area contributed by atoms with Crippen LogP contribution in [0.5, 0.6) is 11.5 Å². The van der Waals surface area contributed by atoms with Gasteiger partial charge in [0.2, 0.25) is 0 Å². The molecule has 0 aliphatic rings. The fourth-order valence-corrected chi connectivity index (χ4v) is 3.61. The number of benzene rings is 3. The summed E-state index contributed by atoms with van der Waals surface area (Å²) in [6.07, 6.45) is 0. The first-order valence-corrected chi connectivity index (χ1v) is 10.4. The minimum Gasteiger partial charge on any atom is -0.497 e. The number of methoxy groups -OCH3 is 2. The highest BCUT2D eigenvalue weighted by Gasteiger charge is 2.30. The molecule has 3 rings (SSSR count). The van der Waals surface area contributed by atoms with E-state index in [1.807, 2.05) is 53.4 Å². The lowest BCUT2D eigenvalue weighted by molar-refractivity contribution is 0.211. The summed E-state index contributed by atoms with van der Waals surface area (Å²) in [4.78, 5) is 1.86. The van der Waals surface area contributed by atoms with Crippen molar-refractivity contribution in [3.05, 3.63) is 89.0 Å². The molecule has 0 aliphatic carbocycles. The van der Waals surface area contributed by atoms with Gasteiger partial charge in [0.15, 0.2) is 5.82 Å².